The summed E-state index contributed by atoms with van der Waals surface area (Å²) < 4.78 is 0. The molecule has 3 rings (SSSR count). The average Bonchev–Trinajstić information content (AvgIpc) is 2.94. The maximum atomic E-state index is 3.44. The van der Waals surface area contributed by atoms with Crippen molar-refractivity contribution in [3.63, 3.8) is 0 Å². The molecule has 2 heterocycles. The summed E-state index contributed by atoms with van der Waals surface area (Å²) in [4.78, 5) is 4.32. The molecule has 1 aromatic heterocycles. The van der Waals surface area contributed by atoms with E-state index in [-0.39, 0.29) is 0 Å². The largest absolute Gasteiger partial charge is 0.314 e. The third kappa shape index (κ3) is 2.72. The van der Waals surface area contributed by atoms with Crippen LogP contribution in [0, 0.1) is 0 Å². The molecule has 1 aromatic rings. The maximum Gasteiger partial charge on any atom is 0.0110 e. The number of hydrogen-bond acceptors (Lipinski definition) is 3. The van der Waals surface area contributed by atoms with Crippen molar-refractivity contribution in [2.75, 3.05) is 26.2 Å². The van der Waals surface area contributed by atoms with E-state index < -0.39 is 0 Å². The number of piperazine rings is 1. The van der Waals surface area contributed by atoms with Crippen LogP contribution < -0.4 is 5.32 Å². The molecule has 3 heteroatoms. The van der Waals surface area contributed by atoms with Gasteiger partial charge in [-0.15, -0.1) is 11.3 Å². The molecule has 1 N–H and O–H groups in total. The van der Waals surface area contributed by atoms with Crippen LogP contribution in [0.15, 0.2) is 17.5 Å². The maximum absolute atomic E-state index is 3.44. The van der Waals surface area contributed by atoms with E-state index in [1.165, 1.54) is 51.9 Å². The van der Waals surface area contributed by atoms with Crippen LogP contribution in [0.4, 0.5) is 0 Å². The minimum absolute atomic E-state index is 0.856. The minimum atomic E-state index is 0.856. The highest BCUT2D eigenvalue weighted by atomic mass is 32.1. The molecule has 1 saturated carbocycles. The van der Waals surface area contributed by atoms with Crippen molar-refractivity contribution in [1.29, 1.82) is 0 Å². The Balaban J connectivity index is 1.53. The predicted octanol–water partition coefficient (Wildman–Crippen LogP) is 2.68. The van der Waals surface area contributed by atoms with Crippen LogP contribution in [0.5, 0.6) is 0 Å². The zero-order valence-electron chi connectivity index (χ0n) is 10.4. The molecule has 2 nitrogen and oxygen atoms in total. The lowest BCUT2D eigenvalue weighted by Gasteiger charge is -2.39. The Hall–Kier alpha value is -0.380. The minimum Gasteiger partial charge on any atom is -0.314 e. The molecule has 1 saturated heterocycles. The van der Waals surface area contributed by atoms with Gasteiger partial charge in [-0.25, -0.2) is 0 Å². The van der Waals surface area contributed by atoms with Crippen molar-refractivity contribution in [2.45, 2.75) is 37.6 Å². The number of hydrogen-bond donors (Lipinski definition) is 1. The van der Waals surface area contributed by atoms with E-state index in [0.29, 0.717) is 0 Å². The Kier molecular flexibility index (Phi) is 3.79. The van der Waals surface area contributed by atoms with Crippen LogP contribution in [-0.2, 0) is 0 Å². The van der Waals surface area contributed by atoms with Crippen LogP contribution in [0.1, 0.15) is 36.5 Å². The molecular formula is C14H22N2S. The molecular weight excluding hydrogens is 228 g/mol. The molecule has 0 bridgehead atoms. The molecule has 2 fully saturated rings. The molecule has 0 spiro atoms. The molecule has 1 aliphatic carbocycles. The summed E-state index contributed by atoms with van der Waals surface area (Å²) in [6.45, 7) is 4.89. The quantitative estimate of drug-likeness (QED) is 0.868. The number of nitrogens with one attached hydrogen (secondary N) is 1. The highest BCUT2D eigenvalue weighted by Gasteiger charge is 2.27. The zero-order chi connectivity index (χ0) is 11.5. The van der Waals surface area contributed by atoms with Crippen molar-refractivity contribution in [2.24, 2.45) is 0 Å². The first-order valence-electron chi connectivity index (χ1n) is 6.91. The van der Waals surface area contributed by atoms with Crippen LogP contribution in [0.2, 0.25) is 0 Å². The average molecular weight is 250 g/mol. The molecule has 0 aromatic carbocycles. The van der Waals surface area contributed by atoms with Crippen LogP contribution >= 0.6 is 11.3 Å². The smallest absolute Gasteiger partial charge is 0.0110 e. The van der Waals surface area contributed by atoms with Gasteiger partial charge in [0.05, 0.1) is 0 Å². The summed E-state index contributed by atoms with van der Waals surface area (Å²) in [5.41, 5.74) is 0. The molecule has 2 aliphatic rings. The summed E-state index contributed by atoms with van der Waals surface area (Å²) in [5, 5.41) is 5.66. The summed E-state index contributed by atoms with van der Waals surface area (Å²) in [6.07, 6.45) is 5.61. The van der Waals surface area contributed by atoms with Gasteiger partial charge in [0.1, 0.15) is 0 Å². The molecule has 0 amide bonds. The molecule has 0 atom stereocenters. The Morgan fingerprint density at radius 2 is 1.88 bits per heavy atom. The van der Waals surface area contributed by atoms with Gasteiger partial charge >= 0.3 is 0 Å². The van der Waals surface area contributed by atoms with E-state index in [4.69, 9.17) is 0 Å². The fraction of sp³-hybridized carbons (Fsp3) is 0.714. The van der Waals surface area contributed by atoms with Gasteiger partial charge in [-0.3, -0.25) is 4.90 Å². The van der Waals surface area contributed by atoms with Gasteiger partial charge in [0, 0.05) is 37.1 Å². The van der Waals surface area contributed by atoms with Crippen LogP contribution in [-0.4, -0.2) is 37.1 Å². The summed E-state index contributed by atoms with van der Waals surface area (Å²) in [5.74, 6) is 0.856. The van der Waals surface area contributed by atoms with Crippen LogP contribution in [0.3, 0.4) is 0 Å². The van der Waals surface area contributed by atoms with Gasteiger partial charge in [0.2, 0.25) is 0 Å². The SMILES string of the molecule is c1csc(C2CCC(N3CCNCC3)CC2)c1. The molecule has 17 heavy (non-hydrogen) atoms. The fourth-order valence-electron chi connectivity index (χ4n) is 3.30. The lowest BCUT2D eigenvalue weighted by Crippen LogP contribution is -2.49. The Labute approximate surface area is 108 Å². The monoisotopic (exact) mass is 250 g/mol. The normalized spacial score (nSPS) is 31.5. The van der Waals surface area contributed by atoms with Crippen LogP contribution in [0.25, 0.3) is 0 Å². The second-order valence-electron chi connectivity index (χ2n) is 5.31. The van der Waals surface area contributed by atoms with Crippen molar-refractivity contribution in [3.05, 3.63) is 22.4 Å². The second kappa shape index (κ2) is 5.51. The Morgan fingerprint density at radius 1 is 1.12 bits per heavy atom. The number of rotatable bonds is 2. The van der Waals surface area contributed by atoms with E-state index in [2.05, 4.69) is 27.7 Å². The third-order valence-corrected chi connectivity index (χ3v) is 5.35. The summed E-state index contributed by atoms with van der Waals surface area (Å²) in [7, 11) is 0. The van der Waals surface area contributed by atoms with Gasteiger partial charge in [-0.1, -0.05) is 6.07 Å². The van der Waals surface area contributed by atoms with Crippen molar-refractivity contribution in [3.8, 4) is 0 Å². The second-order valence-corrected chi connectivity index (χ2v) is 6.29. The lowest BCUT2D eigenvalue weighted by atomic mass is 9.84. The Bertz CT molecular complexity index is 322. The highest BCUT2D eigenvalue weighted by Crippen LogP contribution is 2.36. The lowest BCUT2D eigenvalue weighted by molar-refractivity contribution is 0.133. The van der Waals surface area contributed by atoms with Gasteiger partial charge < -0.3 is 5.32 Å². The Morgan fingerprint density at radius 3 is 2.53 bits per heavy atom. The first-order chi connectivity index (χ1) is 8.43. The number of thiophene rings is 1. The fourth-order valence-corrected chi connectivity index (χ4v) is 4.20. The van der Waals surface area contributed by atoms with Gasteiger partial charge in [-0.05, 0) is 43.0 Å². The van der Waals surface area contributed by atoms with Gasteiger partial charge in [0.15, 0.2) is 0 Å². The molecule has 0 unspecified atom stereocenters. The van der Waals surface area contributed by atoms with E-state index in [1.807, 2.05) is 11.3 Å². The van der Waals surface area contributed by atoms with E-state index in [1.54, 1.807) is 4.88 Å². The summed E-state index contributed by atoms with van der Waals surface area (Å²) >= 11 is 1.94. The van der Waals surface area contributed by atoms with Crippen molar-refractivity contribution >= 4 is 11.3 Å². The first kappa shape index (κ1) is 11.7. The van der Waals surface area contributed by atoms with Crippen molar-refractivity contribution < 1.29 is 0 Å². The predicted molar refractivity (Wildman–Crippen MR) is 73.8 cm³/mol. The standard InChI is InChI=1S/C14H22N2S/c1-2-14(17-11-1)12-3-5-13(6-4-12)16-9-7-15-8-10-16/h1-2,11-13,15H,3-10H2. The molecule has 94 valence electrons. The zero-order valence-corrected chi connectivity index (χ0v) is 11.2. The van der Waals surface area contributed by atoms with Crippen molar-refractivity contribution in [1.82, 2.24) is 10.2 Å². The van der Waals surface area contributed by atoms with Gasteiger partial charge in [-0.2, -0.15) is 0 Å². The molecule has 0 radical (unpaired) electrons. The van der Waals surface area contributed by atoms with E-state index >= 15 is 0 Å². The van der Waals surface area contributed by atoms with E-state index in [9.17, 15) is 0 Å². The van der Waals surface area contributed by atoms with Gasteiger partial charge in [0.25, 0.3) is 0 Å². The molecule has 1 aliphatic heterocycles. The van der Waals surface area contributed by atoms with E-state index in [0.717, 1.165) is 12.0 Å². The number of nitrogens with zero attached hydrogens (tertiary/aromatic N) is 1. The summed E-state index contributed by atoms with van der Waals surface area (Å²) in [6, 6.07) is 5.39. The first-order valence-corrected chi connectivity index (χ1v) is 7.79. The highest BCUT2D eigenvalue weighted by molar-refractivity contribution is 7.10. The topological polar surface area (TPSA) is 15.3 Å². The third-order valence-electron chi connectivity index (χ3n) is 4.31.